The van der Waals surface area contributed by atoms with Crippen LogP contribution < -0.4 is 5.32 Å². The van der Waals surface area contributed by atoms with E-state index in [-0.39, 0.29) is 12.5 Å². The molecule has 0 aliphatic rings. The first-order chi connectivity index (χ1) is 9.70. The lowest BCUT2D eigenvalue weighted by atomic mass is 10.1. The number of amides is 1. The van der Waals surface area contributed by atoms with Crippen molar-refractivity contribution in [3.05, 3.63) is 46.5 Å². The van der Waals surface area contributed by atoms with Crippen LogP contribution in [-0.2, 0) is 0 Å². The van der Waals surface area contributed by atoms with Gasteiger partial charge in [-0.05, 0) is 18.6 Å². The summed E-state index contributed by atoms with van der Waals surface area (Å²) in [7, 11) is 0. The SMILES string of the molecule is Cc1ccccc1C(=O)Nc1ncc(C#CCCO)s1. The second-order valence-electron chi connectivity index (χ2n) is 4.07. The van der Waals surface area contributed by atoms with E-state index in [1.54, 1.807) is 12.3 Å². The van der Waals surface area contributed by atoms with E-state index in [0.717, 1.165) is 10.4 Å². The summed E-state index contributed by atoms with van der Waals surface area (Å²) in [5.41, 5.74) is 1.56. The molecule has 2 aromatic rings. The van der Waals surface area contributed by atoms with Crippen molar-refractivity contribution in [1.82, 2.24) is 4.98 Å². The summed E-state index contributed by atoms with van der Waals surface area (Å²) >= 11 is 1.31. The lowest BCUT2D eigenvalue weighted by Gasteiger charge is -2.04. The molecule has 1 heterocycles. The highest BCUT2D eigenvalue weighted by Gasteiger charge is 2.10. The number of nitrogens with one attached hydrogen (secondary N) is 1. The summed E-state index contributed by atoms with van der Waals surface area (Å²) < 4.78 is 0. The molecule has 0 radical (unpaired) electrons. The van der Waals surface area contributed by atoms with Gasteiger partial charge in [0, 0.05) is 12.0 Å². The molecule has 0 atom stereocenters. The number of thiazole rings is 1. The van der Waals surface area contributed by atoms with E-state index in [4.69, 9.17) is 5.11 Å². The van der Waals surface area contributed by atoms with E-state index < -0.39 is 0 Å². The fourth-order valence-electron chi connectivity index (χ4n) is 1.59. The first-order valence-electron chi connectivity index (χ1n) is 6.13. The molecule has 0 aliphatic heterocycles. The van der Waals surface area contributed by atoms with Crippen molar-refractivity contribution in [1.29, 1.82) is 0 Å². The molecule has 0 saturated heterocycles. The van der Waals surface area contributed by atoms with Crippen molar-refractivity contribution >= 4 is 22.4 Å². The zero-order valence-corrected chi connectivity index (χ0v) is 11.8. The number of carbonyl (C=O) groups is 1. The highest BCUT2D eigenvalue weighted by Crippen LogP contribution is 2.18. The highest BCUT2D eigenvalue weighted by atomic mass is 32.1. The van der Waals surface area contributed by atoms with Crippen LogP contribution in [0.2, 0.25) is 0 Å². The topological polar surface area (TPSA) is 62.2 Å². The number of aromatic nitrogens is 1. The molecule has 1 aromatic heterocycles. The first-order valence-corrected chi connectivity index (χ1v) is 6.95. The summed E-state index contributed by atoms with van der Waals surface area (Å²) in [6.45, 7) is 1.94. The lowest BCUT2D eigenvalue weighted by Crippen LogP contribution is -2.12. The Hall–Kier alpha value is -2.16. The van der Waals surface area contributed by atoms with Gasteiger partial charge in [0.1, 0.15) is 0 Å². The smallest absolute Gasteiger partial charge is 0.257 e. The van der Waals surface area contributed by atoms with Gasteiger partial charge < -0.3 is 5.11 Å². The van der Waals surface area contributed by atoms with E-state index in [2.05, 4.69) is 22.1 Å². The minimum absolute atomic E-state index is 0.0443. The van der Waals surface area contributed by atoms with Gasteiger partial charge in [-0.15, -0.1) is 0 Å². The minimum atomic E-state index is -0.174. The molecule has 4 nitrogen and oxygen atoms in total. The lowest BCUT2D eigenvalue weighted by molar-refractivity contribution is 0.102. The average molecular weight is 286 g/mol. The fraction of sp³-hybridized carbons (Fsp3) is 0.200. The number of benzene rings is 1. The Labute approximate surface area is 121 Å². The Bertz CT molecular complexity index is 668. The van der Waals surface area contributed by atoms with Gasteiger partial charge in [0.25, 0.3) is 5.91 Å². The van der Waals surface area contributed by atoms with Crippen molar-refractivity contribution in [2.24, 2.45) is 0 Å². The number of nitrogens with zero attached hydrogens (tertiary/aromatic N) is 1. The van der Waals surface area contributed by atoms with Crippen molar-refractivity contribution in [3.63, 3.8) is 0 Å². The molecule has 0 unspecified atom stereocenters. The normalized spacial score (nSPS) is 9.70. The Kier molecular flexibility index (Phi) is 4.88. The molecule has 0 saturated carbocycles. The standard InChI is InChI=1S/C15H14N2O2S/c1-11-6-2-3-8-13(11)14(19)17-15-16-10-12(20-15)7-4-5-9-18/h2-3,6,8,10,18H,5,9H2,1H3,(H,16,17,19). The van der Waals surface area contributed by atoms with Gasteiger partial charge in [-0.3, -0.25) is 10.1 Å². The number of carbonyl (C=O) groups excluding carboxylic acids is 1. The van der Waals surface area contributed by atoms with Crippen LogP contribution in [-0.4, -0.2) is 22.6 Å². The van der Waals surface area contributed by atoms with Crippen LogP contribution in [0.5, 0.6) is 0 Å². The molecule has 1 aromatic carbocycles. The quantitative estimate of drug-likeness (QED) is 0.852. The van der Waals surface area contributed by atoms with Crippen molar-refractivity contribution in [2.45, 2.75) is 13.3 Å². The Balaban J connectivity index is 2.06. The third kappa shape index (κ3) is 3.67. The number of aryl methyl sites for hydroxylation is 1. The molecule has 20 heavy (non-hydrogen) atoms. The monoisotopic (exact) mass is 286 g/mol. The highest BCUT2D eigenvalue weighted by molar-refractivity contribution is 7.16. The molecule has 2 N–H and O–H groups in total. The number of aliphatic hydroxyl groups is 1. The van der Waals surface area contributed by atoms with E-state index in [9.17, 15) is 4.79 Å². The maximum atomic E-state index is 12.1. The Morgan fingerprint density at radius 2 is 2.25 bits per heavy atom. The van der Waals surface area contributed by atoms with E-state index in [1.807, 2.05) is 25.1 Å². The van der Waals surface area contributed by atoms with Crippen LogP contribution in [0.25, 0.3) is 0 Å². The van der Waals surface area contributed by atoms with Gasteiger partial charge in [0.15, 0.2) is 5.13 Å². The van der Waals surface area contributed by atoms with Gasteiger partial charge >= 0.3 is 0 Å². The van der Waals surface area contributed by atoms with Gasteiger partial charge in [0.2, 0.25) is 0 Å². The molecular weight excluding hydrogens is 272 g/mol. The number of anilines is 1. The first kappa shape index (κ1) is 14.3. The molecule has 0 fully saturated rings. The average Bonchev–Trinajstić information content (AvgIpc) is 2.87. The molecule has 1 amide bonds. The Morgan fingerprint density at radius 1 is 1.45 bits per heavy atom. The number of rotatable bonds is 3. The summed E-state index contributed by atoms with van der Waals surface area (Å²) in [5.74, 6) is 5.53. The second kappa shape index (κ2) is 6.85. The van der Waals surface area contributed by atoms with Crippen LogP contribution in [0.15, 0.2) is 30.5 Å². The largest absolute Gasteiger partial charge is 0.395 e. The zero-order valence-electron chi connectivity index (χ0n) is 11.0. The van der Waals surface area contributed by atoms with Crippen LogP contribution in [0.4, 0.5) is 5.13 Å². The minimum Gasteiger partial charge on any atom is -0.395 e. The van der Waals surface area contributed by atoms with E-state index in [1.165, 1.54) is 11.3 Å². The van der Waals surface area contributed by atoms with E-state index in [0.29, 0.717) is 17.1 Å². The number of aliphatic hydroxyl groups excluding tert-OH is 1. The predicted molar refractivity (Wildman–Crippen MR) is 79.8 cm³/mol. The molecule has 0 spiro atoms. The Morgan fingerprint density at radius 3 is 3.00 bits per heavy atom. The fourth-order valence-corrected chi connectivity index (χ4v) is 2.27. The molecule has 5 heteroatoms. The molecule has 0 bridgehead atoms. The molecule has 0 aliphatic carbocycles. The summed E-state index contributed by atoms with van der Waals surface area (Å²) in [4.78, 5) is 17.0. The third-order valence-electron chi connectivity index (χ3n) is 2.56. The number of hydrogen-bond donors (Lipinski definition) is 2. The van der Waals surface area contributed by atoms with Crippen LogP contribution in [0.3, 0.4) is 0 Å². The predicted octanol–water partition coefficient (Wildman–Crippen LogP) is 2.44. The maximum absolute atomic E-state index is 12.1. The summed E-state index contributed by atoms with van der Waals surface area (Å²) in [6, 6.07) is 7.39. The van der Waals surface area contributed by atoms with Crippen LogP contribution in [0.1, 0.15) is 27.2 Å². The van der Waals surface area contributed by atoms with Crippen LogP contribution in [0, 0.1) is 18.8 Å². The van der Waals surface area contributed by atoms with Gasteiger partial charge in [-0.2, -0.15) is 0 Å². The third-order valence-corrected chi connectivity index (χ3v) is 3.39. The van der Waals surface area contributed by atoms with Crippen molar-refractivity contribution in [3.8, 4) is 11.8 Å². The molecule has 2 rings (SSSR count). The number of hydrogen-bond acceptors (Lipinski definition) is 4. The van der Waals surface area contributed by atoms with E-state index >= 15 is 0 Å². The second-order valence-corrected chi connectivity index (χ2v) is 5.10. The van der Waals surface area contributed by atoms with Gasteiger partial charge in [-0.25, -0.2) is 4.98 Å². The van der Waals surface area contributed by atoms with Gasteiger partial charge in [-0.1, -0.05) is 41.4 Å². The van der Waals surface area contributed by atoms with Crippen molar-refractivity contribution in [2.75, 3.05) is 11.9 Å². The molecular formula is C15H14N2O2S. The maximum Gasteiger partial charge on any atom is 0.257 e. The zero-order chi connectivity index (χ0) is 14.4. The molecule has 102 valence electrons. The van der Waals surface area contributed by atoms with Crippen LogP contribution >= 0.6 is 11.3 Å². The van der Waals surface area contributed by atoms with Crippen molar-refractivity contribution < 1.29 is 9.90 Å². The summed E-state index contributed by atoms with van der Waals surface area (Å²) in [5, 5.41) is 11.9. The van der Waals surface area contributed by atoms with Gasteiger partial charge in [0.05, 0.1) is 17.7 Å². The summed E-state index contributed by atoms with van der Waals surface area (Å²) in [6.07, 6.45) is 2.05.